The molecule has 0 saturated carbocycles. The van der Waals surface area contributed by atoms with Crippen LogP contribution in [0.5, 0.6) is 0 Å². The first-order valence-corrected chi connectivity index (χ1v) is 33.7. The van der Waals surface area contributed by atoms with Crippen molar-refractivity contribution in [3.05, 3.63) is 66.7 Å². The van der Waals surface area contributed by atoms with E-state index < -0.39 is 176 Å². The summed E-state index contributed by atoms with van der Waals surface area (Å²) in [4.78, 5) is 113. The van der Waals surface area contributed by atoms with Crippen LogP contribution in [0.25, 0.3) is 44.7 Å². The van der Waals surface area contributed by atoms with Crippen molar-refractivity contribution < 1.29 is 101 Å². The van der Waals surface area contributed by atoms with Gasteiger partial charge in [0.15, 0.2) is 94.3 Å². The van der Waals surface area contributed by atoms with Gasteiger partial charge >= 0.3 is 29.2 Å². The van der Waals surface area contributed by atoms with E-state index in [1.165, 1.54) is 0 Å². The van der Waals surface area contributed by atoms with Crippen molar-refractivity contribution in [3.8, 4) is 0 Å². The minimum absolute atomic E-state index is 0.0830. The zero-order chi connectivity index (χ0) is 63.7. The molecule has 0 amide bonds. The van der Waals surface area contributed by atoms with Gasteiger partial charge in [-0.05, 0) is 11.8 Å². The molecule has 4 unspecified atom stereocenters. The predicted octanol–water partition coefficient (Wildman–Crippen LogP) is -1.51. The molecule has 4 bridgehead atoms. The van der Waals surface area contributed by atoms with Crippen molar-refractivity contribution in [1.29, 1.82) is 0 Å². The van der Waals surface area contributed by atoms with Gasteiger partial charge in [-0.1, -0.05) is 22.7 Å². The number of aromatic amines is 4. The third kappa shape index (κ3) is 11.6. The number of thiol groups is 1. The number of rotatable bonds is 4. The maximum Gasteiger partial charge on any atom is 0.472 e. The van der Waals surface area contributed by atoms with Crippen LogP contribution in [0.3, 0.4) is 0 Å². The number of nitrogens with one attached hydrogen (secondary N) is 4. The molecule has 20 atom stereocenters. The molecule has 0 aromatic carbocycles. The van der Waals surface area contributed by atoms with Crippen LogP contribution in [0, 0.1) is 0 Å². The van der Waals surface area contributed by atoms with Crippen molar-refractivity contribution in [1.82, 2.24) is 89.0 Å². The third-order valence-electron chi connectivity index (χ3n) is 14.2. The van der Waals surface area contributed by atoms with Crippen LogP contribution in [-0.4, -0.2) is 204 Å². The molecule has 8 aromatic rings. The molecule has 52 heteroatoms. The van der Waals surface area contributed by atoms with E-state index in [4.69, 9.17) is 78.4 Å². The van der Waals surface area contributed by atoms with Gasteiger partial charge in [0.1, 0.15) is 48.8 Å². The van der Waals surface area contributed by atoms with Gasteiger partial charge in [-0.2, -0.15) is 19.3 Å². The number of H-pyrrole nitrogens is 4. The molecule has 11 N–H and O–H groups in total. The topological polar surface area (TPSA) is 555 Å². The summed E-state index contributed by atoms with van der Waals surface area (Å²) >= 11 is 9.01. The molecule has 0 aliphatic carbocycles. The van der Waals surface area contributed by atoms with Gasteiger partial charge in [0.2, 0.25) is 11.9 Å². The third-order valence-corrected chi connectivity index (χ3v) is 19.3. The monoisotopic (exact) mass is 1390 g/mol. The Bertz CT molecular complexity index is 4300. The number of fused-ring (bicyclic) bond motifs is 10. The molecular weight excluding hydrogens is 1350 g/mol. The number of imidazole rings is 2. The number of hydrogen-bond acceptors (Lipinski definition) is 32. The lowest BCUT2D eigenvalue weighted by atomic mass is 10.1. The molecule has 14 heterocycles. The van der Waals surface area contributed by atoms with Gasteiger partial charge in [-0.3, -0.25) is 69.9 Å². The van der Waals surface area contributed by atoms with Crippen LogP contribution in [-0.2, 0) is 80.6 Å². The number of aromatic nitrogens is 18. The van der Waals surface area contributed by atoms with Crippen LogP contribution in [0.1, 0.15) is 24.9 Å². The summed E-state index contributed by atoms with van der Waals surface area (Å²) in [7, 11) is -10.4. The van der Waals surface area contributed by atoms with E-state index in [9.17, 15) is 47.6 Å². The van der Waals surface area contributed by atoms with Crippen molar-refractivity contribution in [2.24, 2.45) is 0 Å². The second kappa shape index (κ2) is 23.4. The van der Waals surface area contributed by atoms with Crippen LogP contribution >= 0.6 is 41.4 Å². The van der Waals surface area contributed by atoms with E-state index in [1.807, 2.05) is 0 Å². The Hall–Kier alpha value is -6.33. The molecular formula is C38H40F4N20O22P4S2. The number of nitrogen functional groups attached to an aromatic ring is 2. The van der Waals surface area contributed by atoms with Gasteiger partial charge in [0, 0.05) is 0 Å². The Morgan fingerprint density at radius 1 is 0.522 bits per heavy atom. The Kier molecular flexibility index (Phi) is 16.2. The number of nitrogens with two attached hydrogens (primary N) is 2. The number of hydrogen-bond donors (Lipinski definition) is 10. The van der Waals surface area contributed by atoms with E-state index in [0.717, 1.165) is 43.8 Å². The summed E-state index contributed by atoms with van der Waals surface area (Å²) < 4.78 is 171. The molecule has 0 radical (unpaired) electrons. The first-order chi connectivity index (χ1) is 42.6. The number of phosphoric acid groups is 2. The summed E-state index contributed by atoms with van der Waals surface area (Å²) in [5.41, 5.74) is 6.90. The molecule has 6 aliphatic heterocycles. The van der Waals surface area contributed by atoms with Crippen molar-refractivity contribution in [2.75, 3.05) is 37.9 Å². The molecule has 42 nitrogen and oxygen atoms in total. The fourth-order valence-corrected chi connectivity index (χ4v) is 15.0. The number of ether oxygens (including phenoxy) is 4. The highest BCUT2D eigenvalue weighted by Gasteiger charge is 2.57. The van der Waals surface area contributed by atoms with Gasteiger partial charge in [0.25, 0.3) is 22.2 Å². The average molecular weight is 1390 g/mol. The Balaban J connectivity index is 0.000000165. The number of anilines is 2. The second-order valence-corrected chi connectivity index (χ2v) is 28.3. The van der Waals surface area contributed by atoms with Gasteiger partial charge < -0.3 is 59.6 Å². The molecule has 6 fully saturated rings. The summed E-state index contributed by atoms with van der Waals surface area (Å²) in [6.07, 6.45) is -25.2. The van der Waals surface area contributed by atoms with E-state index in [2.05, 4.69) is 82.7 Å². The normalized spacial score (nSPS) is 37.7. The van der Waals surface area contributed by atoms with Crippen molar-refractivity contribution >= 4 is 110 Å². The molecule has 90 heavy (non-hydrogen) atoms. The molecule has 6 aliphatic rings. The molecule has 0 spiro atoms. The molecule has 14 rings (SSSR count). The minimum atomic E-state index is -5.20. The fraction of sp³-hybridized carbons (Fsp3) is 0.526. The van der Waals surface area contributed by atoms with Gasteiger partial charge in [0.05, 0.1) is 51.7 Å². The highest BCUT2D eigenvalue weighted by molar-refractivity contribution is 8.44. The minimum Gasteiger partial charge on any atom is -0.369 e. The summed E-state index contributed by atoms with van der Waals surface area (Å²) in [5.74, 6) is -0.636. The quantitative estimate of drug-likeness (QED) is 0.0544. The van der Waals surface area contributed by atoms with E-state index in [1.54, 1.807) is 0 Å². The first-order valence-electron chi connectivity index (χ1n) is 25.5. The Labute approximate surface area is 501 Å². The lowest BCUT2D eigenvalue weighted by molar-refractivity contribution is -0.0650. The summed E-state index contributed by atoms with van der Waals surface area (Å²) in [6.45, 7) is -12.6. The highest BCUT2D eigenvalue weighted by atomic mass is 32.7. The van der Waals surface area contributed by atoms with E-state index >= 15 is 17.6 Å². The smallest absolute Gasteiger partial charge is 0.369 e. The van der Waals surface area contributed by atoms with Crippen LogP contribution in [0.2, 0.25) is 0 Å². The lowest BCUT2D eigenvalue weighted by Gasteiger charge is -2.27. The maximum atomic E-state index is 15.9. The van der Waals surface area contributed by atoms with E-state index in [-0.39, 0.29) is 56.6 Å². The highest BCUT2D eigenvalue weighted by Crippen LogP contribution is 2.59. The zero-order valence-corrected chi connectivity index (χ0v) is 49.3. The fourth-order valence-electron chi connectivity index (χ4n) is 10.2. The lowest BCUT2D eigenvalue weighted by Crippen LogP contribution is -2.34. The number of halogens is 4. The number of phosphoric ester groups is 2. The SMILES string of the molecule is Nc1nc2c(ncn2[C@@H]2O[C@@H]3COP(=O)(O)O[C@H]4[C@H](F)[C@H](n5nnc6c(=O)[nH]cnc65)O[C@@H]4COP(O)(=S)O[C@@H]2[C@@H]3F)c(=O)[nH]1.Nc1nc2c(nnn2[C@@H]2O[C@@H]3COP(=O)(O)O[C@H]4[C@H](F)[C@H](n5cnc6c(=O)[nH]cnc65)O[C@@H]4COP(=O)(S)O[C@@H]2[C@@H]3F)c(=O)[nH]1. The van der Waals surface area contributed by atoms with Gasteiger partial charge in [-0.25, -0.2) is 51.2 Å². The van der Waals surface area contributed by atoms with Crippen LogP contribution in [0.15, 0.2) is 44.5 Å². The number of nitrogens with zero attached hydrogens (tertiary/aromatic N) is 14. The average Bonchev–Trinajstić information content (AvgIpc) is 1.81. The van der Waals surface area contributed by atoms with Crippen LogP contribution < -0.4 is 33.7 Å². The Morgan fingerprint density at radius 2 is 0.978 bits per heavy atom. The van der Waals surface area contributed by atoms with Crippen molar-refractivity contribution in [3.63, 3.8) is 0 Å². The molecule has 8 aromatic heterocycles. The molecule has 6 saturated heterocycles. The van der Waals surface area contributed by atoms with E-state index in [0.29, 0.717) is 0 Å². The first kappa shape index (κ1) is 62.5. The molecule has 484 valence electrons. The largest absolute Gasteiger partial charge is 0.472 e. The standard InChI is InChI=1S/2C19H20F2N10O11P2S/c20-7-5-1-37-43(34,35)41-11-6(40-17(8(11)21)31-13-10(28-29-31)15(32)24-3-23-13)2-38-44(36,45)42-12(7)18(39-5)30-4-25-9-14(30)26-19(22)27-16(9)33;20-7-5-1-37-43(34,35)41-11-6(40-17(8(11)21)30-4-25-9-13(30)23-3-24-15(9)32)2-38-44(36,45)42-12(7)18(39-5)31-14-10(28-29-31)16(33)27-19(22)26-14/h2*3-8,11-12,17-18H,1-2H2,(H,34,35)(H,36,45)(H,23,24,32)(H3,22,26,27,33)/t2*5-,6-,7-,8+,11-,12-,17-,18-,44?/m11/s1. The predicted molar refractivity (Wildman–Crippen MR) is 288 cm³/mol. The number of alkyl halides is 4. The van der Waals surface area contributed by atoms with Crippen molar-refractivity contribution in [2.45, 2.75) is 98.4 Å². The van der Waals surface area contributed by atoms with Gasteiger partial charge in [-0.15, -0.1) is 10.2 Å². The summed E-state index contributed by atoms with van der Waals surface area (Å²) in [6, 6.07) is 0. The Morgan fingerprint density at radius 3 is 1.60 bits per heavy atom. The summed E-state index contributed by atoms with van der Waals surface area (Å²) in [5, 5.41) is 14.8. The van der Waals surface area contributed by atoms with Crippen LogP contribution in [0.4, 0.5) is 29.5 Å². The zero-order valence-electron chi connectivity index (χ0n) is 44.0. The maximum absolute atomic E-state index is 15.9. The second-order valence-electron chi connectivity index (χ2n) is 19.8.